The van der Waals surface area contributed by atoms with E-state index in [4.69, 9.17) is 0 Å². The minimum atomic E-state index is -0.264. The number of carbonyl (C=O) groups is 2. The Hall–Kier alpha value is -3.57. The van der Waals surface area contributed by atoms with E-state index in [2.05, 4.69) is 10.6 Å². The molecule has 247 valence electrons. The first-order chi connectivity index (χ1) is 22.5. The Kier molecular flexibility index (Phi) is 20.7. The van der Waals surface area contributed by atoms with Gasteiger partial charge in [0.1, 0.15) is 0 Å². The molecule has 2 aliphatic rings. The van der Waals surface area contributed by atoms with Crippen LogP contribution in [0.15, 0.2) is 133 Å². The number of hydrogen-bond acceptors (Lipinski definition) is 8. The summed E-state index contributed by atoms with van der Waals surface area (Å²) in [6.07, 6.45) is 2.26. The van der Waals surface area contributed by atoms with Crippen molar-refractivity contribution in [3.8, 4) is 0 Å². The van der Waals surface area contributed by atoms with Gasteiger partial charge in [0, 0.05) is 60.3 Å². The molecule has 2 saturated heterocycles. The van der Waals surface area contributed by atoms with Crippen LogP contribution in [0.3, 0.4) is 0 Å². The van der Waals surface area contributed by atoms with Gasteiger partial charge in [-0.3, -0.25) is 9.59 Å². The van der Waals surface area contributed by atoms with Crippen molar-refractivity contribution in [3.05, 3.63) is 156 Å². The van der Waals surface area contributed by atoms with Crippen LogP contribution in [0.4, 0.5) is 0 Å². The number of rotatable bonds is 6. The Morgan fingerprint density at radius 3 is 0.936 bits per heavy atom. The summed E-state index contributed by atoms with van der Waals surface area (Å²) in [7, 11) is 0. The number of ketones is 2. The molecule has 2 heterocycles. The smallest absolute Gasteiger partial charge is 0.872 e. The first-order valence-corrected chi connectivity index (χ1v) is 17.5. The SMILES string of the molecule is C1CSCCN1.C1CSCCN1.O=C(/C=C(\[O-])c1ccccc1)c1ccccc1.O=C(/C=C(\[O-])c1ccccc1)c1ccccc1.[Co+2]. The van der Waals surface area contributed by atoms with E-state index < -0.39 is 0 Å². The quantitative estimate of drug-likeness (QED) is 0.160. The summed E-state index contributed by atoms with van der Waals surface area (Å²) in [5, 5.41) is 30.0. The molecule has 1 radical (unpaired) electrons. The van der Waals surface area contributed by atoms with E-state index in [0.717, 1.165) is 12.2 Å². The summed E-state index contributed by atoms with van der Waals surface area (Å²) in [6.45, 7) is 4.85. The van der Waals surface area contributed by atoms with Crippen LogP contribution in [-0.4, -0.2) is 60.8 Å². The minimum absolute atomic E-state index is 0. The van der Waals surface area contributed by atoms with Crippen molar-refractivity contribution in [3.63, 3.8) is 0 Å². The van der Waals surface area contributed by atoms with Crippen LogP contribution in [0, 0.1) is 0 Å². The van der Waals surface area contributed by atoms with Crippen molar-refractivity contribution in [2.45, 2.75) is 0 Å². The van der Waals surface area contributed by atoms with Gasteiger partial charge in [-0.05, 0) is 23.3 Å². The molecule has 4 aromatic rings. The number of thioether (sulfide) groups is 2. The number of nitrogens with one attached hydrogen (secondary N) is 2. The average Bonchev–Trinajstić information content (AvgIpc) is 3.15. The number of allylic oxidation sites excluding steroid dienone is 2. The standard InChI is InChI=1S/2C15H12O2.2C4H9NS.Co/c2*16-14(12-7-3-1-4-8-12)11-15(17)13-9-5-2-6-10-13;2*1-3-6-4-2-5-1;/h2*1-11,16H;2*5H,1-4H2;/q;;;;+2/p-2/b2*14-11-;;;. The Morgan fingerprint density at radius 1 is 0.468 bits per heavy atom. The zero-order valence-electron chi connectivity index (χ0n) is 26.1. The molecule has 0 aliphatic carbocycles. The molecule has 0 bridgehead atoms. The first kappa shape index (κ1) is 39.6. The van der Waals surface area contributed by atoms with Gasteiger partial charge in [0.15, 0.2) is 11.6 Å². The average molecular weight is 712 g/mol. The summed E-state index contributed by atoms with van der Waals surface area (Å²) in [6, 6.07) is 35.0. The van der Waals surface area contributed by atoms with Gasteiger partial charge in [-0.1, -0.05) is 133 Å². The molecule has 47 heavy (non-hydrogen) atoms. The predicted molar refractivity (Wildman–Crippen MR) is 191 cm³/mol. The summed E-state index contributed by atoms with van der Waals surface area (Å²) >= 11 is 4.06. The largest absolute Gasteiger partial charge is 2.00 e. The molecule has 0 saturated carbocycles. The molecule has 0 spiro atoms. The molecule has 0 aromatic heterocycles. The van der Waals surface area contributed by atoms with Gasteiger partial charge >= 0.3 is 16.8 Å². The Bertz CT molecular complexity index is 1340. The zero-order chi connectivity index (χ0) is 32.7. The van der Waals surface area contributed by atoms with Gasteiger partial charge in [-0.2, -0.15) is 23.5 Å². The minimum Gasteiger partial charge on any atom is -0.872 e. The maximum Gasteiger partial charge on any atom is 2.00 e. The monoisotopic (exact) mass is 711 g/mol. The second-order valence-corrected chi connectivity index (χ2v) is 12.4. The molecule has 0 atom stereocenters. The van der Waals surface area contributed by atoms with Crippen LogP contribution in [0.1, 0.15) is 31.8 Å². The Balaban J connectivity index is 0.000000239. The van der Waals surface area contributed by atoms with Gasteiger partial charge in [-0.15, -0.1) is 0 Å². The second kappa shape index (κ2) is 24.6. The number of carbonyl (C=O) groups excluding carboxylic acids is 2. The van der Waals surface area contributed by atoms with Crippen LogP contribution in [0.5, 0.6) is 0 Å². The summed E-state index contributed by atoms with van der Waals surface area (Å²) in [5.74, 6) is 4.16. The van der Waals surface area contributed by atoms with Gasteiger partial charge in [-0.25, -0.2) is 0 Å². The first-order valence-electron chi connectivity index (χ1n) is 15.2. The maximum atomic E-state index is 11.8. The van der Waals surface area contributed by atoms with Crippen molar-refractivity contribution in [1.29, 1.82) is 0 Å². The van der Waals surface area contributed by atoms with Crippen molar-refractivity contribution < 1.29 is 36.6 Å². The van der Waals surface area contributed by atoms with Crippen LogP contribution in [0.25, 0.3) is 11.5 Å². The van der Waals surface area contributed by atoms with E-state index in [1.807, 2.05) is 47.8 Å². The van der Waals surface area contributed by atoms with E-state index in [9.17, 15) is 19.8 Å². The third-order valence-corrected chi connectivity index (χ3v) is 8.42. The third-order valence-electron chi connectivity index (χ3n) is 6.45. The fraction of sp³-hybridized carbons (Fsp3) is 0.211. The van der Waals surface area contributed by atoms with Crippen molar-refractivity contribution in [2.24, 2.45) is 0 Å². The number of benzene rings is 4. The van der Waals surface area contributed by atoms with E-state index in [0.29, 0.717) is 22.3 Å². The molecule has 6 nitrogen and oxygen atoms in total. The van der Waals surface area contributed by atoms with Crippen molar-refractivity contribution in [2.75, 3.05) is 49.2 Å². The third kappa shape index (κ3) is 16.7. The fourth-order valence-electron chi connectivity index (χ4n) is 4.01. The summed E-state index contributed by atoms with van der Waals surface area (Å²) in [5.41, 5.74) is 2.10. The molecule has 6 rings (SSSR count). The fourth-order valence-corrected chi connectivity index (χ4v) is 5.58. The second-order valence-electron chi connectivity index (χ2n) is 9.93. The van der Waals surface area contributed by atoms with Crippen LogP contribution < -0.4 is 20.8 Å². The molecule has 0 amide bonds. The Labute approximate surface area is 297 Å². The van der Waals surface area contributed by atoms with E-state index in [1.165, 1.54) is 49.2 Å². The van der Waals surface area contributed by atoms with E-state index in [-0.39, 0.29) is 39.9 Å². The van der Waals surface area contributed by atoms with Crippen LogP contribution in [-0.2, 0) is 16.8 Å². The van der Waals surface area contributed by atoms with Crippen molar-refractivity contribution in [1.82, 2.24) is 10.6 Å². The summed E-state index contributed by atoms with van der Waals surface area (Å²) in [4.78, 5) is 23.5. The molecule has 2 aliphatic heterocycles. The molecule has 2 fully saturated rings. The maximum absolute atomic E-state index is 11.8. The van der Waals surface area contributed by atoms with Gasteiger partial charge < -0.3 is 20.8 Å². The predicted octanol–water partition coefficient (Wildman–Crippen LogP) is 5.18. The molecular formula is C38H40CoN2O4S2. The Morgan fingerprint density at radius 2 is 0.723 bits per heavy atom. The van der Waals surface area contributed by atoms with Gasteiger partial charge in [0.25, 0.3) is 0 Å². The van der Waals surface area contributed by atoms with Crippen LogP contribution >= 0.6 is 23.5 Å². The summed E-state index contributed by atoms with van der Waals surface area (Å²) < 4.78 is 0. The molecule has 9 heteroatoms. The topological polar surface area (TPSA) is 104 Å². The van der Waals surface area contributed by atoms with Crippen LogP contribution in [0.2, 0.25) is 0 Å². The van der Waals surface area contributed by atoms with Gasteiger partial charge in [0.2, 0.25) is 0 Å². The normalized spacial score (nSPS) is 14.2. The van der Waals surface area contributed by atoms with E-state index in [1.54, 1.807) is 97.1 Å². The molecular weight excluding hydrogens is 671 g/mol. The molecule has 0 unspecified atom stereocenters. The molecule has 4 aromatic carbocycles. The zero-order valence-corrected chi connectivity index (χ0v) is 28.8. The van der Waals surface area contributed by atoms with E-state index >= 15 is 0 Å². The molecule has 2 N–H and O–H groups in total. The van der Waals surface area contributed by atoms with Crippen molar-refractivity contribution >= 4 is 46.6 Å². The van der Waals surface area contributed by atoms with Gasteiger partial charge in [0.05, 0.1) is 0 Å². The number of hydrogen-bond donors (Lipinski definition) is 2.